The highest BCUT2D eigenvalue weighted by molar-refractivity contribution is 7.15. The Morgan fingerprint density at radius 3 is 2.71 bits per heavy atom. The van der Waals surface area contributed by atoms with Crippen LogP contribution in [0.5, 0.6) is 5.75 Å². The first-order valence-electron chi connectivity index (χ1n) is 4.77. The molecule has 7 heteroatoms. The van der Waals surface area contributed by atoms with Crippen LogP contribution in [-0.2, 0) is 0 Å². The van der Waals surface area contributed by atoms with Gasteiger partial charge in [0.05, 0.1) is 5.02 Å². The maximum Gasteiger partial charge on any atom is 0.203 e. The summed E-state index contributed by atoms with van der Waals surface area (Å²) in [5.41, 5.74) is 5.51. The van der Waals surface area contributed by atoms with Gasteiger partial charge in [0.15, 0.2) is 5.01 Å². The Morgan fingerprint density at radius 2 is 2.12 bits per heavy atom. The summed E-state index contributed by atoms with van der Waals surface area (Å²) in [6.45, 7) is 1.85. The van der Waals surface area contributed by atoms with E-state index in [0.29, 0.717) is 25.9 Å². The summed E-state index contributed by atoms with van der Waals surface area (Å²) in [5, 5.41) is 9.78. The molecule has 2 aromatic rings. The van der Waals surface area contributed by atoms with Crippen LogP contribution < -0.4 is 10.5 Å². The lowest BCUT2D eigenvalue weighted by molar-refractivity contribution is 0.225. The molecule has 1 atom stereocenters. The molecule has 1 aromatic carbocycles. The second-order valence-corrected chi connectivity index (χ2v) is 5.20. The van der Waals surface area contributed by atoms with Crippen molar-refractivity contribution < 1.29 is 4.74 Å². The van der Waals surface area contributed by atoms with Crippen molar-refractivity contribution in [2.75, 3.05) is 5.73 Å². The fourth-order valence-electron chi connectivity index (χ4n) is 1.22. The number of anilines is 1. The molecule has 0 aliphatic heterocycles. The molecule has 1 unspecified atom stereocenters. The SMILES string of the molecule is CC(Oc1ccc(Cl)cc1Cl)c1nnc(N)s1. The van der Waals surface area contributed by atoms with Crippen molar-refractivity contribution in [1.82, 2.24) is 10.2 Å². The molecular weight excluding hydrogens is 281 g/mol. The van der Waals surface area contributed by atoms with Crippen molar-refractivity contribution >= 4 is 39.7 Å². The van der Waals surface area contributed by atoms with Gasteiger partial charge in [-0.25, -0.2) is 0 Å². The molecule has 0 radical (unpaired) electrons. The third-order valence-electron chi connectivity index (χ3n) is 2.00. The van der Waals surface area contributed by atoms with Crippen LogP contribution in [0.4, 0.5) is 5.13 Å². The van der Waals surface area contributed by atoms with Gasteiger partial charge >= 0.3 is 0 Å². The zero-order valence-electron chi connectivity index (χ0n) is 8.85. The molecule has 0 spiro atoms. The Labute approximate surface area is 112 Å². The van der Waals surface area contributed by atoms with Crippen LogP contribution in [-0.4, -0.2) is 10.2 Å². The summed E-state index contributed by atoms with van der Waals surface area (Å²) in [5.74, 6) is 0.553. The molecule has 0 saturated carbocycles. The van der Waals surface area contributed by atoms with Crippen molar-refractivity contribution in [3.63, 3.8) is 0 Å². The van der Waals surface area contributed by atoms with E-state index in [1.54, 1.807) is 18.2 Å². The molecule has 0 fully saturated rings. The number of hydrogen-bond acceptors (Lipinski definition) is 5. The minimum absolute atomic E-state index is 0.261. The second-order valence-electron chi connectivity index (χ2n) is 3.31. The van der Waals surface area contributed by atoms with Crippen LogP contribution in [0.15, 0.2) is 18.2 Å². The summed E-state index contributed by atoms with van der Waals surface area (Å²) in [7, 11) is 0. The summed E-state index contributed by atoms with van der Waals surface area (Å²) in [4.78, 5) is 0. The third kappa shape index (κ3) is 3.00. The topological polar surface area (TPSA) is 61.0 Å². The molecule has 17 heavy (non-hydrogen) atoms. The monoisotopic (exact) mass is 289 g/mol. The maximum atomic E-state index is 6.00. The Hall–Kier alpha value is -1.04. The molecule has 0 bridgehead atoms. The molecule has 0 aliphatic rings. The largest absolute Gasteiger partial charge is 0.482 e. The van der Waals surface area contributed by atoms with Gasteiger partial charge < -0.3 is 10.5 Å². The van der Waals surface area contributed by atoms with Crippen LogP contribution >= 0.6 is 34.5 Å². The van der Waals surface area contributed by atoms with Crippen molar-refractivity contribution in [1.29, 1.82) is 0 Å². The quantitative estimate of drug-likeness (QED) is 0.938. The summed E-state index contributed by atoms with van der Waals surface area (Å²) in [6.07, 6.45) is -0.261. The number of aromatic nitrogens is 2. The summed E-state index contributed by atoms with van der Waals surface area (Å²) < 4.78 is 5.66. The highest BCUT2D eigenvalue weighted by Crippen LogP contribution is 2.32. The number of halogens is 2. The number of benzene rings is 1. The molecule has 0 saturated heterocycles. The second kappa shape index (κ2) is 5.08. The van der Waals surface area contributed by atoms with Gasteiger partial charge in [-0.15, -0.1) is 10.2 Å². The average molecular weight is 290 g/mol. The molecule has 2 rings (SSSR count). The van der Waals surface area contributed by atoms with Crippen LogP contribution in [0.1, 0.15) is 18.0 Å². The van der Waals surface area contributed by atoms with Gasteiger partial charge in [0, 0.05) is 5.02 Å². The summed E-state index contributed by atoms with van der Waals surface area (Å²) in [6, 6.07) is 5.05. The zero-order valence-corrected chi connectivity index (χ0v) is 11.2. The Bertz CT molecular complexity index is 532. The highest BCUT2D eigenvalue weighted by Gasteiger charge is 2.14. The van der Waals surface area contributed by atoms with E-state index >= 15 is 0 Å². The number of nitrogens with two attached hydrogens (primary N) is 1. The van der Waals surface area contributed by atoms with Crippen LogP contribution in [0.25, 0.3) is 0 Å². The van der Waals surface area contributed by atoms with Crippen LogP contribution in [0, 0.1) is 0 Å². The molecule has 1 aromatic heterocycles. The number of rotatable bonds is 3. The fraction of sp³-hybridized carbons (Fsp3) is 0.200. The van der Waals surface area contributed by atoms with E-state index in [1.165, 1.54) is 11.3 Å². The maximum absolute atomic E-state index is 6.00. The Kier molecular flexibility index (Phi) is 3.71. The van der Waals surface area contributed by atoms with Crippen LogP contribution in [0.2, 0.25) is 10.0 Å². The molecule has 4 nitrogen and oxygen atoms in total. The van der Waals surface area contributed by atoms with Crippen molar-refractivity contribution in [2.45, 2.75) is 13.0 Å². The van der Waals surface area contributed by atoms with Crippen molar-refractivity contribution in [2.24, 2.45) is 0 Å². The Morgan fingerprint density at radius 1 is 1.35 bits per heavy atom. The summed E-state index contributed by atoms with van der Waals surface area (Å²) >= 11 is 13.1. The molecule has 0 aliphatic carbocycles. The standard InChI is InChI=1S/C10H9Cl2N3OS/c1-5(9-14-15-10(13)17-9)16-8-3-2-6(11)4-7(8)12/h2-5H,1H3,(H2,13,15). The highest BCUT2D eigenvalue weighted by atomic mass is 35.5. The smallest absolute Gasteiger partial charge is 0.203 e. The number of nitrogen functional groups attached to an aromatic ring is 1. The first-order valence-corrected chi connectivity index (χ1v) is 6.34. The van der Waals surface area contributed by atoms with Gasteiger partial charge in [-0.3, -0.25) is 0 Å². The van der Waals surface area contributed by atoms with E-state index in [2.05, 4.69) is 10.2 Å². The predicted octanol–water partition coefficient (Wildman–Crippen LogP) is 3.57. The molecule has 90 valence electrons. The van der Waals surface area contributed by atoms with Crippen molar-refractivity contribution in [3.8, 4) is 5.75 Å². The average Bonchev–Trinajstić information content (AvgIpc) is 2.69. The fourth-order valence-corrected chi connectivity index (χ4v) is 2.27. The number of nitrogens with zero attached hydrogens (tertiary/aromatic N) is 2. The van der Waals surface area contributed by atoms with Crippen molar-refractivity contribution in [3.05, 3.63) is 33.3 Å². The van der Waals surface area contributed by atoms with E-state index < -0.39 is 0 Å². The molecule has 2 N–H and O–H groups in total. The van der Waals surface area contributed by atoms with E-state index in [9.17, 15) is 0 Å². The number of ether oxygens (including phenoxy) is 1. The first kappa shape index (κ1) is 12.4. The predicted molar refractivity (Wildman–Crippen MR) is 69.8 cm³/mol. The van der Waals surface area contributed by atoms with E-state index in [1.807, 2.05) is 6.92 Å². The van der Waals surface area contributed by atoms with Gasteiger partial charge in [0.25, 0.3) is 0 Å². The molecule has 0 amide bonds. The van der Waals surface area contributed by atoms with Gasteiger partial charge in [-0.2, -0.15) is 0 Å². The lowest BCUT2D eigenvalue weighted by Gasteiger charge is -2.12. The number of hydrogen-bond donors (Lipinski definition) is 1. The van der Waals surface area contributed by atoms with E-state index in [-0.39, 0.29) is 6.10 Å². The normalized spacial score (nSPS) is 12.4. The van der Waals surface area contributed by atoms with Gasteiger partial charge in [-0.05, 0) is 25.1 Å². The van der Waals surface area contributed by atoms with Gasteiger partial charge in [-0.1, -0.05) is 34.5 Å². The first-order chi connectivity index (χ1) is 8.06. The molecular formula is C10H9Cl2N3OS. The van der Waals surface area contributed by atoms with Gasteiger partial charge in [0.2, 0.25) is 5.13 Å². The third-order valence-corrected chi connectivity index (χ3v) is 3.45. The zero-order chi connectivity index (χ0) is 12.4. The lowest BCUT2D eigenvalue weighted by atomic mass is 10.3. The molecule has 1 heterocycles. The van der Waals surface area contributed by atoms with Crippen LogP contribution in [0.3, 0.4) is 0 Å². The van der Waals surface area contributed by atoms with E-state index in [0.717, 1.165) is 0 Å². The minimum Gasteiger partial charge on any atom is -0.482 e. The van der Waals surface area contributed by atoms with Gasteiger partial charge in [0.1, 0.15) is 11.9 Å². The minimum atomic E-state index is -0.261. The Balaban J connectivity index is 2.15. The lowest BCUT2D eigenvalue weighted by Crippen LogP contribution is -2.03. The van der Waals surface area contributed by atoms with E-state index in [4.69, 9.17) is 33.7 Å².